The maximum absolute atomic E-state index is 12.3. The van der Waals surface area contributed by atoms with Gasteiger partial charge in [-0.1, -0.05) is 18.2 Å². The normalized spacial score (nSPS) is 13.3. The smallest absolute Gasteiger partial charge is 0.324 e. The number of nitrogens with one attached hydrogen (secondary N) is 2. The van der Waals surface area contributed by atoms with Crippen molar-refractivity contribution < 1.29 is 14.4 Å². The molecule has 25 heavy (non-hydrogen) atoms. The quantitative estimate of drug-likeness (QED) is 0.833. The number of rotatable bonds is 4. The van der Waals surface area contributed by atoms with E-state index in [2.05, 4.69) is 10.6 Å². The van der Waals surface area contributed by atoms with Crippen molar-refractivity contribution in [2.24, 2.45) is 0 Å². The first-order chi connectivity index (χ1) is 12.1. The predicted molar refractivity (Wildman–Crippen MR) is 89.5 cm³/mol. The molecule has 0 bridgehead atoms. The highest BCUT2D eigenvalue weighted by Crippen LogP contribution is 2.14. The lowest BCUT2D eigenvalue weighted by molar-refractivity contribution is -0.125. The summed E-state index contributed by atoms with van der Waals surface area (Å²) < 4.78 is 0. The van der Waals surface area contributed by atoms with Crippen LogP contribution in [0.3, 0.4) is 0 Å². The van der Waals surface area contributed by atoms with Crippen LogP contribution in [0.4, 0.5) is 10.5 Å². The Morgan fingerprint density at radius 3 is 2.60 bits per heavy atom. The number of amides is 4. The largest absolute Gasteiger partial charge is 0.329 e. The Balaban J connectivity index is 1.67. The zero-order valence-corrected chi connectivity index (χ0v) is 13.2. The summed E-state index contributed by atoms with van der Waals surface area (Å²) in [6, 6.07) is 14.9. The van der Waals surface area contributed by atoms with E-state index in [1.165, 1.54) is 0 Å². The van der Waals surface area contributed by atoms with Crippen LogP contribution >= 0.6 is 0 Å². The molecule has 0 unspecified atom stereocenters. The van der Waals surface area contributed by atoms with Crippen LogP contribution in [0.25, 0.3) is 0 Å². The molecule has 7 heteroatoms. The molecule has 0 aliphatic carbocycles. The molecule has 2 aromatic rings. The number of carbonyl (C=O) groups excluding carboxylic acids is 3. The van der Waals surface area contributed by atoms with Gasteiger partial charge in [0.05, 0.1) is 24.7 Å². The third-order valence-electron chi connectivity index (χ3n) is 3.74. The van der Waals surface area contributed by atoms with Crippen molar-refractivity contribution in [2.45, 2.75) is 6.54 Å². The minimum atomic E-state index is -0.413. The van der Waals surface area contributed by atoms with E-state index in [9.17, 15) is 14.4 Å². The maximum atomic E-state index is 12.3. The number of benzene rings is 2. The average Bonchev–Trinajstić information content (AvgIpc) is 2.94. The molecule has 0 spiro atoms. The average molecular weight is 334 g/mol. The molecular formula is C18H14N4O3. The van der Waals surface area contributed by atoms with Gasteiger partial charge in [0.15, 0.2) is 0 Å². The van der Waals surface area contributed by atoms with Gasteiger partial charge in [0, 0.05) is 11.3 Å². The van der Waals surface area contributed by atoms with Crippen molar-refractivity contribution in [1.29, 1.82) is 5.26 Å². The van der Waals surface area contributed by atoms with Gasteiger partial charge in [-0.15, -0.1) is 0 Å². The molecule has 3 rings (SSSR count). The molecule has 7 nitrogen and oxygen atoms in total. The van der Waals surface area contributed by atoms with E-state index in [1.807, 2.05) is 6.07 Å². The second kappa shape index (κ2) is 6.84. The third kappa shape index (κ3) is 3.64. The second-order valence-electron chi connectivity index (χ2n) is 5.48. The number of anilines is 1. The fraction of sp³-hybridized carbons (Fsp3) is 0.111. The van der Waals surface area contributed by atoms with Crippen LogP contribution in [0.5, 0.6) is 0 Å². The Kier molecular flexibility index (Phi) is 4.44. The lowest BCUT2D eigenvalue weighted by atomic mass is 10.1. The highest BCUT2D eigenvalue weighted by molar-refractivity contribution is 6.04. The van der Waals surface area contributed by atoms with E-state index in [4.69, 9.17) is 5.26 Å². The molecule has 0 atom stereocenters. The number of urea groups is 1. The Labute approximate surface area is 143 Å². The lowest BCUT2D eigenvalue weighted by Crippen LogP contribution is -2.30. The molecule has 124 valence electrons. The van der Waals surface area contributed by atoms with Crippen LogP contribution in [0.1, 0.15) is 21.5 Å². The number of hydrogen-bond acceptors (Lipinski definition) is 4. The van der Waals surface area contributed by atoms with Gasteiger partial charge in [0.2, 0.25) is 5.91 Å². The minimum Gasteiger partial charge on any atom is -0.329 e. The molecule has 1 saturated heterocycles. The van der Waals surface area contributed by atoms with Crippen molar-refractivity contribution in [2.75, 3.05) is 11.9 Å². The molecular weight excluding hydrogens is 320 g/mol. The van der Waals surface area contributed by atoms with Crippen molar-refractivity contribution in [1.82, 2.24) is 10.2 Å². The van der Waals surface area contributed by atoms with E-state index in [1.54, 1.807) is 48.5 Å². The van der Waals surface area contributed by atoms with Crippen molar-refractivity contribution >= 4 is 23.5 Å². The predicted octanol–water partition coefficient (Wildman–Crippen LogP) is 1.86. The van der Waals surface area contributed by atoms with Gasteiger partial charge in [-0.3, -0.25) is 14.5 Å². The number of imide groups is 1. The highest BCUT2D eigenvalue weighted by atomic mass is 16.2. The monoisotopic (exact) mass is 334 g/mol. The van der Waals surface area contributed by atoms with E-state index >= 15 is 0 Å². The van der Waals surface area contributed by atoms with Gasteiger partial charge >= 0.3 is 6.03 Å². The van der Waals surface area contributed by atoms with Crippen LogP contribution in [0.2, 0.25) is 0 Å². The van der Waals surface area contributed by atoms with Crippen molar-refractivity contribution in [3.8, 4) is 6.07 Å². The molecule has 4 amide bonds. The summed E-state index contributed by atoms with van der Waals surface area (Å²) in [5.74, 6) is -0.583. The first-order valence-electron chi connectivity index (χ1n) is 7.55. The summed E-state index contributed by atoms with van der Waals surface area (Å²) >= 11 is 0. The number of hydrogen-bond donors (Lipinski definition) is 2. The standard InChI is InChI=1S/C18H14N4O3/c19-9-13-2-1-3-15(8-13)21-17(24)14-6-4-12(5-7-14)11-22-16(23)10-20-18(22)25/h1-8H,10-11H2,(H,20,25)(H,21,24). The van der Waals surface area contributed by atoms with Crippen LogP contribution in [-0.2, 0) is 11.3 Å². The zero-order valence-electron chi connectivity index (χ0n) is 13.2. The summed E-state index contributed by atoms with van der Waals surface area (Å²) in [4.78, 5) is 36.5. The summed E-state index contributed by atoms with van der Waals surface area (Å²) in [7, 11) is 0. The highest BCUT2D eigenvalue weighted by Gasteiger charge is 2.28. The molecule has 1 fully saturated rings. The molecule has 1 aliphatic heterocycles. The molecule has 0 aromatic heterocycles. The summed E-state index contributed by atoms with van der Waals surface area (Å²) in [6.07, 6.45) is 0. The van der Waals surface area contributed by atoms with Gasteiger partial charge in [0.25, 0.3) is 5.91 Å². The van der Waals surface area contributed by atoms with Crippen molar-refractivity contribution in [3.05, 3.63) is 65.2 Å². The van der Waals surface area contributed by atoms with Crippen LogP contribution in [0.15, 0.2) is 48.5 Å². The SMILES string of the molecule is N#Cc1cccc(NC(=O)c2ccc(CN3C(=O)CNC3=O)cc2)c1. The topological polar surface area (TPSA) is 102 Å². The second-order valence-corrected chi connectivity index (χ2v) is 5.48. The van der Waals surface area contributed by atoms with Crippen molar-refractivity contribution in [3.63, 3.8) is 0 Å². The van der Waals surface area contributed by atoms with Gasteiger partial charge in [0.1, 0.15) is 0 Å². The maximum Gasteiger partial charge on any atom is 0.324 e. The molecule has 1 heterocycles. The Morgan fingerprint density at radius 1 is 1.20 bits per heavy atom. The number of nitriles is 1. The van der Waals surface area contributed by atoms with Gasteiger partial charge in [-0.2, -0.15) is 5.26 Å². The molecule has 2 N–H and O–H groups in total. The summed E-state index contributed by atoms with van der Waals surface area (Å²) in [5.41, 5.74) is 2.17. The first-order valence-corrected chi connectivity index (χ1v) is 7.55. The van der Waals surface area contributed by atoms with E-state index < -0.39 is 6.03 Å². The van der Waals surface area contributed by atoms with Crippen LogP contribution in [0, 0.1) is 11.3 Å². The fourth-order valence-corrected chi connectivity index (χ4v) is 2.43. The Bertz CT molecular complexity index is 868. The molecule has 1 aliphatic rings. The lowest BCUT2D eigenvalue weighted by Gasteiger charge is -2.12. The summed E-state index contributed by atoms with van der Waals surface area (Å²) in [5, 5.41) is 14.1. The zero-order chi connectivity index (χ0) is 17.8. The van der Waals surface area contributed by atoms with Gasteiger partial charge in [-0.25, -0.2) is 4.79 Å². The van der Waals surface area contributed by atoms with E-state index in [0.717, 1.165) is 10.5 Å². The summed E-state index contributed by atoms with van der Waals surface area (Å²) in [6.45, 7) is 0.178. The van der Waals surface area contributed by atoms with E-state index in [-0.39, 0.29) is 24.9 Å². The molecule has 2 aromatic carbocycles. The Hall–Kier alpha value is -3.66. The first kappa shape index (κ1) is 16.2. The molecule has 0 saturated carbocycles. The number of nitrogens with zero attached hydrogens (tertiary/aromatic N) is 2. The molecule has 0 radical (unpaired) electrons. The van der Waals surface area contributed by atoms with Crippen LogP contribution < -0.4 is 10.6 Å². The van der Waals surface area contributed by atoms with Gasteiger partial charge < -0.3 is 10.6 Å². The van der Waals surface area contributed by atoms with Gasteiger partial charge in [-0.05, 0) is 35.9 Å². The van der Waals surface area contributed by atoms with Crippen LogP contribution in [-0.4, -0.2) is 29.3 Å². The minimum absolute atomic E-state index is 0.0150. The number of carbonyl (C=O) groups is 3. The van der Waals surface area contributed by atoms with E-state index in [0.29, 0.717) is 16.8 Å². The fourth-order valence-electron chi connectivity index (χ4n) is 2.43. The Morgan fingerprint density at radius 2 is 1.96 bits per heavy atom. The third-order valence-corrected chi connectivity index (χ3v) is 3.74.